The summed E-state index contributed by atoms with van der Waals surface area (Å²) in [4.78, 5) is 25.5. The number of nitrogens with one attached hydrogen (secondary N) is 2. The number of benzene rings is 1. The zero-order valence-electron chi connectivity index (χ0n) is 20.5. The minimum Gasteiger partial charge on any atom is -0.393 e. The van der Waals surface area contributed by atoms with E-state index in [-0.39, 0.29) is 30.0 Å². The average Bonchev–Trinajstić information content (AvgIpc) is 3.19. The molecule has 0 bridgehead atoms. The monoisotopic (exact) mass is 517 g/mol. The molecule has 198 valence electrons. The van der Waals surface area contributed by atoms with Gasteiger partial charge in [0.15, 0.2) is 17.3 Å². The number of imidazole rings is 1. The molecule has 5 rings (SSSR count). The fourth-order valence-corrected chi connectivity index (χ4v) is 5.39. The Kier molecular flexibility index (Phi) is 6.69. The van der Waals surface area contributed by atoms with Crippen LogP contribution in [0.15, 0.2) is 18.3 Å². The van der Waals surface area contributed by atoms with Crippen molar-refractivity contribution in [2.75, 3.05) is 10.6 Å². The van der Waals surface area contributed by atoms with Crippen LogP contribution in [0.2, 0.25) is 0 Å². The molecule has 2 saturated carbocycles. The summed E-state index contributed by atoms with van der Waals surface area (Å²) in [5.41, 5.74) is 5.31. The van der Waals surface area contributed by atoms with Gasteiger partial charge in [-0.25, -0.2) is 23.1 Å². The number of nitrogens with two attached hydrogens (primary N) is 1. The van der Waals surface area contributed by atoms with Gasteiger partial charge in [-0.2, -0.15) is 4.98 Å². The smallest absolute Gasteiger partial charge is 0.224 e. The Balaban J connectivity index is 1.52. The molecule has 2 aliphatic rings. The second kappa shape index (κ2) is 9.81. The van der Waals surface area contributed by atoms with Crippen molar-refractivity contribution in [3.63, 3.8) is 0 Å². The number of hydrogen-bond acceptors (Lipinski definition) is 7. The first-order valence-corrected chi connectivity index (χ1v) is 12.5. The van der Waals surface area contributed by atoms with E-state index < -0.39 is 28.6 Å². The molecule has 1 amide bonds. The molecule has 0 spiro atoms. The number of primary amides is 1. The Labute approximate surface area is 211 Å². The van der Waals surface area contributed by atoms with Crippen LogP contribution in [-0.2, 0) is 4.79 Å². The third kappa shape index (κ3) is 5.07. The van der Waals surface area contributed by atoms with E-state index in [2.05, 4.69) is 25.6 Å². The van der Waals surface area contributed by atoms with Crippen LogP contribution >= 0.6 is 0 Å². The van der Waals surface area contributed by atoms with E-state index in [1.807, 2.05) is 6.92 Å². The summed E-state index contributed by atoms with van der Waals surface area (Å²) >= 11 is 0. The van der Waals surface area contributed by atoms with Gasteiger partial charge in [-0.1, -0.05) is 6.92 Å². The van der Waals surface area contributed by atoms with Gasteiger partial charge in [0.25, 0.3) is 0 Å². The molecule has 2 aromatic heterocycles. The highest BCUT2D eigenvalue weighted by molar-refractivity contribution is 5.80. The van der Waals surface area contributed by atoms with E-state index in [0.29, 0.717) is 61.3 Å². The number of amides is 1. The Morgan fingerprint density at radius 2 is 1.84 bits per heavy atom. The number of halogens is 3. The average molecular weight is 518 g/mol. The predicted molar refractivity (Wildman–Crippen MR) is 132 cm³/mol. The van der Waals surface area contributed by atoms with E-state index in [9.17, 15) is 23.1 Å². The second-order valence-corrected chi connectivity index (χ2v) is 10.4. The van der Waals surface area contributed by atoms with Gasteiger partial charge in [-0.05, 0) is 51.4 Å². The molecule has 1 aromatic carbocycles. The Morgan fingerprint density at radius 3 is 2.49 bits per heavy atom. The van der Waals surface area contributed by atoms with Crippen LogP contribution < -0.4 is 16.4 Å². The number of anilines is 3. The standard InChI is InChI=1S/C25H30F3N7O2/c1-25(22(29)37)7-5-15(6-8-25)35-21-19(12-30-23(34-21)31-14-3-2-4-16(36)11-14)32-24(35)33-20-17(27)9-13(26)10-18(20)28/h9-10,12,14-16,36H,2-8,11H2,1H3,(H2,29,37)(H,32,33)(H,30,31,34)/t14-,15-,16-,25-/m1/s1. The number of carbonyl (C=O) groups is 1. The van der Waals surface area contributed by atoms with Crippen LogP contribution in [0.5, 0.6) is 0 Å². The van der Waals surface area contributed by atoms with E-state index in [4.69, 9.17) is 5.73 Å². The normalized spacial score (nSPS) is 26.2. The summed E-state index contributed by atoms with van der Waals surface area (Å²) in [7, 11) is 0. The van der Waals surface area contributed by atoms with Crippen molar-refractivity contribution < 1.29 is 23.1 Å². The van der Waals surface area contributed by atoms with Crippen molar-refractivity contribution in [3.05, 3.63) is 35.8 Å². The lowest BCUT2D eigenvalue weighted by molar-refractivity contribution is -0.128. The fraction of sp³-hybridized carbons (Fsp3) is 0.520. The second-order valence-electron chi connectivity index (χ2n) is 10.4. The van der Waals surface area contributed by atoms with Crippen molar-refractivity contribution >= 4 is 34.7 Å². The maximum absolute atomic E-state index is 14.5. The minimum absolute atomic E-state index is 0.0172. The largest absolute Gasteiger partial charge is 0.393 e. The molecule has 0 saturated heterocycles. The molecule has 2 fully saturated rings. The van der Waals surface area contributed by atoms with Gasteiger partial charge in [0.2, 0.25) is 17.8 Å². The fourth-order valence-electron chi connectivity index (χ4n) is 5.39. The van der Waals surface area contributed by atoms with Crippen LogP contribution in [0.25, 0.3) is 11.2 Å². The third-order valence-electron chi connectivity index (χ3n) is 7.67. The first kappa shape index (κ1) is 25.2. The number of aromatic nitrogens is 4. The van der Waals surface area contributed by atoms with Gasteiger partial charge in [0, 0.05) is 29.6 Å². The van der Waals surface area contributed by atoms with Crippen LogP contribution in [0.1, 0.15) is 64.3 Å². The first-order valence-electron chi connectivity index (χ1n) is 12.5. The summed E-state index contributed by atoms with van der Waals surface area (Å²) in [6.45, 7) is 1.84. The Hall–Kier alpha value is -3.41. The summed E-state index contributed by atoms with van der Waals surface area (Å²) in [6.07, 6.45) is 6.46. The predicted octanol–water partition coefficient (Wildman–Crippen LogP) is 4.31. The molecule has 2 atom stereocenters. The van der Waals surface area contributed by atoms with E-state index in [0.717, 1.165) is 19.3 Å². The van der Waals surface area contributed by atoms with Gasteiger partial charge < -0.3 is 21.5 Å². The molecule has 0 aliphatic heterocycles. The lowest BCUT2D eigenvalue weighted by atomic mass is 9.73. The molecule has 2 aliphatic carbocycles. The zero-order valence-corrected chi connectivity index (χ0v) is 20.5. The van der Waals surface area contributed by atoms with E-state index in [1.54, 1.807) is 4.57 Å². The molecule has 0 radical (unpaired) electrons. The number of rotatable bonds is 6. The van der Waals surface area contributed by atoms with Crippen molar-refractivity contribution in [1.29, 1.82) is 0 Å². The van der Waals surface area contributed by atoms with Gasteiger partial charge in [-0.3, -0.25) is 9.36 Å². The number of aliphatic hydroxyl groups is 1. The van der Waals surface area contributed by atoms with Crippen LogP contribution in [-0.4, -0.2) is 42.7 Å². The van der Waals surface area contributed by atoms with Gasteiger partial charge in [0.05, 0.1) is 12.3 Å². The maximum atomic E-state index is 14.5. The number of aliphatic hydroxyl groups excluding tert-OH is 1. The van der Waals surface area contributed by atoms with Crippen molar-refractivity contribution in [3.8, 4) is 0 Å². The van der Waals surface area contributed by atoms with Crippen molar-refractivity contribution in [1.82, 2.24) is 19.5 Å². The minimum atomic E-state index is -1.09. The summed E-state index contributed by atoms with van der Waals surface area (Å²) in [6, 6.07) is 1.02. The number of nitrogens with zero attached hydrogens (tertiary/aromatic N) is 4. The number of hydrogen-bond donors (Lipinski definition) is 4. The van der Waals surface area contributed by atoms with Crippen LogP contribution in [0.3, 0.4) is 0 Å². The summed E-state index contributed by atoms with van der Waals surface area (Å²) in [5, 5.41) is 16.0. The molecule has 0 unspecified atom stereocenters. The molecule has 3 aromatic rings. The Bertz CT molecular complexity index is 1300. The molecular weight excluding hydrogens is 487 g/mol. The molecule has 12 heteroatoms. The zero-order chi connectivity index (χ0) is 26.3. The lowest BCUT2D eigenvalue weighted by Gasteiger charge is -2.35. The molecular formula is C25H30F3N7O2. The highest BCUT2D eigenvalue weighted by Gasteiger charge is 2.38. The van der Waals surface area contributed by atoms with Gasteiger partial charge in [-0.15, -0.1) is 0 Å². The molecule has 2 heterocycles. The van der Waals surface area contributed by atoms with Crippen molar-refractivity contribution in [2.24, 2.45) is 11.1 Å². The topological polar surface area (TPSA) is 131 Å². The van der Waals surface area contributed by atoms with E-state index in [1.165, 1.54) is 6.20 Å². The van der Waals surface area contributed by atoms with Gasteiger partial charge in [0.1, 0.15) is 17.0 Å². The Morgan fingerprint density at radius 1 is 1.14 bits per heavy atom. The first-order chi connectivity index (χ1) is 17.6. The third-order valence-corrected chi connectivity index (χ3v) is 7.67. The molecule has 9 nitrogen and oxygen atoms in total. The number of carbonyl (C=O) groups excluding carboxylic acids is 1. The highest BCUT2D eigenvalue weighted by atomic mass is 19.1. The summed E-state index contributed by atoms with van der Waals surface area (Å²) < 4.78 is 44.2. The quantitative estimate of drug-likeness (QED) is 0.383. The van der Waals surface area contributed by atoms with Gasteiger partial charge >= 0.3 is 0 Å². The van der Waals surface area contributed by atoms with Crippen LogP contribution in [0, 0.1) is 22.9 Å². The van der Waals surface area contributed by atoms with Crippen LogP contribution in [0.4, 0.5) is 30.8 Å². The summed E-state index contributed by atoms with van der Waals surface area (Å²) in [5.74, 6) is -3.08. The highest BCUT2D eigenvalue weighted by Crippen LogP contribution is 2.43. The van der Waals surface area contributed by atoms with E-state index >= 15 is 0 Å². The SMILES string of the molecule is C[C@]1(C(N)=O)CC[C@H](n2c(Nc3c(F)cc(F)cc3F)nc3cnc(N[C@@H]4CCC[C@@H](O)C4)nc32)CC1. The number of fused-ring (bicyclic) bond motifs is 1. The molecule has 5 N–H and O–H groups in total. The molecule has 37 heavy (non-hydrogen) atoms. The van der Waals surface area contributed by atoms with Crippen molar-refractivity contribution in [2.45, 2.75) is 76.5 Å². The lowest BCUT2D eigenvalue weighted by Crippen LogP contribution is -2.38. The maximum Gasteiger partial charge on any atom is 0.224 e.